The Morgan fingerprint density at radius 1 is 1.00 bits per heavy atom. The normalized spacial score (nSPS) is 12.6. The number of para-hydroxylation sites is 1. The summed E-state index contributed by atoms with van der Waals surface area (Å²) in [5.41, 5.74) is 3.37. The first kappa shape index (κ1) is 22.7. The molecule has 33 heavy (non-hydrogen) atoms. The standard InChI is InChI=1S/C25H26N2O5S/c1-4-32-23-15-18(13-14-22(23)31-2)21(16-33(3,29)30)27-20-12-8-11-19(24(20)26-25(27)28)17-9-6-5-7-10-17/h5-15,21H,4,16H2,1-3H3,(H,26,28)/t21-/m0/s1. The Labute approximate surface area is 192 Å². The molecule has 1 heterocycles. The van der Waals surface area contributed by atoms with Gasteiger partial charge in [-0.15, -0.1) is 0 Å². The first-order valence-electron chi connectivity index (χ1n) is 10.6. The number of aromatic amines is 1. The predicted octanol–water partition coefficient (Wildman–Crippen LogP) is 4.04. The van der Waals surface area contributed by atoms with Crippen LogP contribution in [-0.4, -0.2) is 43.7 Å². The third kappa shape index (κ3) is 4.66. The highest BCUT2D eigenvalue weighted by molar-refractivity contribution is 7.90. The minimum absolute atomic E-state index is 0.243. The summed E-state index contributed by atoms with van der Waals surface area (Å²) in [6.45, 7) is 2.28. The van der Waals surface area contributed by atoms with Crippen molar-refractivity contribution in [2.75, 3.05) is 25.7 Å². The van der Waals surface area contributed by atoms with Crippen LogP contribution in [0.25, 0.3) is 22.2 Å². The number of hydrogen-bond donors (Lipinski definition) is 1. The lowest BCUT2D eigenvalue weighted by Gasteiger charge is -2.20. The van der Waals surface area contributed by atoms with Crippen LogP contribution < -0.4 is 15.2 Å². The van der Waals surface area contributed by atoms with Crippen LogP contribution in [0.15, 0.2) is 71.5 Å². The lowest BCUT2D eigenvalue weighted by molar-refractivity contribution is 0.310. The summed E-state index contributed by atoms with van der Waals surface area (Å²) >= 11 is 0. The van der Waals surface area contributed by atoms with Crippen LogP contribution in [0.1, 0.15) is 18.5 Å². The number of sulfone groups is 1. The molecule has 1 aromatic heterocycles. The molecule has 0 bridgehead atoms. The van der Waals surface area contributed by atoms with Gasteiger partial charge in [-0.25, -0.2) is 13.2 Å². The fourth-order valence-electron chi connectivity index (χ4n) is 4.09. The Hall–Kier alpha value is -3.52. The molecule has 0 aliphatic rings. The number of H-pyrrole nitrogens is 1. The Bertz CT molecular complexity index is 1440. The molecule has 1 atom stereocenters. The van der Waals surface area contributed by atoms with Gasteiger partial charge in [0.15, 0.2) is 11.5 Å². The second-order valence-electron chi connectivity index (χ2n) is 7.82. The average molecular weight is 467 g/mol. The largest absolute Gasteiger partial charge is 0.493 e. The molecule has 172 valence electrons. The molecule has 3 aromatic carbocycles. The molecule has 0 saturated carbocycles. The van der Waals surface area contributed by atoms with Gasteiger partial charge in [0, 0.05) is 11.8 Å². The summed E-state index contributed by atoms with van der Waals surface area (Å²) in [7, 11) is -1.89. The maximum Gasteiger partial charge on any atom is 0.327 e. The summed E-state index contributed by atoms with van der Waals surface area (Å²) in [4.78, 5) is 16.2. The Kier molecular flexibility index (Phi) is 6.29. The number of benzene rings is 3. The molecule has 0 fully saturated rings. The Morgan fingerprint density at radius 2 is 1.76 bits per heavy atom. The Morgan fingerprint density at radius 3 is 2.42 bits per heavy atom. The average Bonchev–Trinajstić information content (AvgIpc) is 3.13. The summed E-state index contributed by atoms with van der Waals surface area (Å²) < 4.78 is 37.4. The lowest BCUT2D eigenvalue weighted by atomic mass is 10.0. The lowest BCUT2D eigenvalue weighted by Crippen LogP contribution is -2.28. The van der Waals surface area contributed by atoms with Gasteiger partial charge in [-0.05, 0) is 36.2 Å². The molecule has 1 N–H and O–H groups in total. The van der Waals surface area contributed by atoms with Crippen molar-refractivity contribution in [3.8, 4) is 22.6 Å². The minimum Gasteiger partial charge on any atom is -0.493 e. The molecule has 0 radical (unpaired) electrons. The van der Waals surface area contributed by atoms with E-state index < -0.39 is 15.9 Å². The summed E-state index contributed by atoms with van der Waals surface area (Å²) in [5, 5.41) is 0. The summed E-state index contributed by atoms with van der Waals surface area (Å²) in [6.07, 6.45) is 1.17. The molecule has 0 saturated heterocycles. The van der Waals surface area contributed by atoms with Crippen LogP contribution in [0.3, 0.4) is 0 Å². The van der Waals surface area contributed by atoms with Crippen molar-refractivity contribution < 1.29 is 17.9 Å². The van der Waals surface area contributed by atoms with Crippen molar-refractivity contribution in [2.24, 2.45) is 0 Å². The maximum absolute atomic E-state index is 13.2. The number of nitrogens with one attached hydrogen (secondary N) is 1. The van der Waals surface area contributed by atoms with Gasteiger partial charge in [-0.2, -0.15) is 0 Å². The van der Waals surface area contributed by atoms with Crippen molar-refractivity contribution in [1.82, 2.24) is 9.55 Å². The highest BCUT2D eigenvalue weighted by atomic mass is 32.2. The van der Waals surface area contributed by atoms with Gasteiger partial charge >= 0.3 is 5.69 Å². The van der Waals surface area contributed by atoms with Gasteiger partial charge in [-0.3, -0.25) is 4.57 Å². The van der Waals surface area contributed by atoms with Crippen LogP contribution in [-0.2, 0) is 9.84 Å². The molecule has 0 amide bonds. The minimum atomic E-state index is -3.43. The third-order valence-corrected chi connectivity index (χ3v) is 6.40. The zero-order chi connectivity index (χ0) is 23.6. The number of ether oxygens (including phenoxy) is 2. The highest BCUT2D eigenvalue weighted by Gasteiger charge is 2.25. The van der Waals surface area contributed by atoms with Crippen molar-refractivity contribution in [3.63, 3.8) is 0 Å². The van der Waals surface area contributed by atoms with Gasteiger partial charge < -0.3 is 14.5 Å². The zero-order valence-electron chi connectivity index (χ0n) is 18.7. The number of aromatic nitrogens is 2. The van der Waals surface area contributed by atoms with E-state index in [0.717, 1.165) is 11.1 Å². The number of hydrogen-bond acceptors (Lipinski definition) is 5. The van der Waals surface area contributed by atoms with Crippen molar-refractivity contribution in [2.45, 2.75) is 13.0 Å². The van der Waals surface area contributed by atoms with Crippen molar-refractivity contribution in [1.29, 1.82) is 0 Å². The maximum atomic E-state index is 13.2. The van der Waals surface area contributed by atoms with E-state index in [9.17, 15) is 13.2 Å². The van der Waals surface area contributed by atoms with E-state index in [1.807, 2.05) is 55.5 Å². The van der Waals surface area contributed by atoms with E-state index >= 15 is 0 Å². The van der Waals surface area contributed by atoms with E-state index in [1.54, 1.807) is 25.3 Å². The van der Waals surface area contributed by atoms with E-state index in [2.05, 4.69) is 4.98 Å². The second-order valence-corrected chi connectivity index (χ2v) is 10.0. The van der Waals surface area contributed by atoms with Crippen LogP contribution in [0, 0.1) is 0 Å². The monoisotopic (exact) mass is 466 g/mol. The smallest absolute Gasteiger partial charge is 0.327 e. The Balaban J connectivity index is 1.94. The molecule has 4 rings (SSSR count). The third-order valence-electron chi connectivity index (χ3n) is 5.48. The fourth-order valence-corrected chi connectivity index (χ4v) is 5.01. The van der Waals surface area contributed by atoms with Crippen molar-refractivity contribution >= 4 is 20.9 Å². The van der Waals surface area contributed by atoms with Gasteiger partial charge in [0.05, 0.1) is 36.5 Å². The van der Waals surface area contributed by atoms with Crippen LogP contribution in [0.5, 0.6) is 11.5 Å². The molecule has 8 heteroatoms. The van der Waals surface area contributed by atoms with E-state index in [0.29, 0.717) is 34.7 Å². The number of fused-ring (bicyclic) bond motifs is 1. The van der Waals surface area contributed by atoms with E-state index in [-0.39, 0.29) is 11.4 Å². The second kappa shape index (κ2) is 9.15. The van der Waals surface area contributed by atoms with Crippen LogP contribution in [0.4, 0.5) is 0 Å². The molecule has 4 aromatic rings. The van der Waals surface area contributed by atoms with E-state index in [1.165, 1.54) is 10.8 Å². The number of nitrogens with zero attached hydrogens (tertiary/aromatic N) is 1. The molecule has 0 aliphatic heterocycles. The fraction of sp³-hybridized carbons (Fsp3) is 0.240. The van der Waals surface area contributed by atoms with Crippen LogP contribution in [0.2, 0.25) is 0 Å². The number of methoxy groups -OCH3 is 1. The van der Waals surface area contributed by atoms with Gasteiger partial charge in [0.25, 0.3) is 0 Å². The highest BCUT2D eigenvalue weighted by Crippen LogP contribution is 2.34. The van der Waals surface area contributed by atoms with Crippen LogP contribution >= 0.6 is 0 Å². The SMILES string of the molecule is CCOc1cc([C@H](CS(C)(=O)=O)n2c(=O)[nH]c3c(-c4ccccc4)cccc32)ccc1OC. The van der Waals surface area contributed by atoms with Gasteiger partial charge in [0.1, 0.15) is 9.84 Å². The molecule has 7 nitrogen and oxygen atoms in total. The van der Waals surface area contributed by atoms with Gasteiger partial charge in [-0.1, -0.05) is 48.5 Å². The summed E-state index contributed by atoms with van der Waals surface area (Å²) in [6, 6.07) is 19.8. The number of imidazole rings is 1. The molecule has 0 spiro atoms. The first-order chi connectivity index (χ1) is 15.8. The summed E-state index contributed by atoms with van der Waals surface area (Å²) in [5.74, 6) is 0.790. The zero-order valence-corrected chi connectivity index (χ0v) is 19.6. The molecular formula is C25H26N2O5S. The van der Waals surface area contributed by atoms with Gasteiger partial charge in [0.2, 0.25) is 0 Å². The van der Waals surface area contributed by atoms with E-state index in [4.69, 9.17) is 9.47 Å². The molecule has 0 unspecified atom stereocenters. The quantitative estimate of drug-likeness (QED) is 0.423. The first-order valence-corrected chi connectivity index (χ1v) is 12.7. The molecular weight excluding hydrogens is 440 g/mol. The predicted molar refractivity (Wildman–Crippen MR) is 130 cm³/mol. The molecule has 0 aliphatic carbocycles. The van der Waals surface area contributed by atoms with Crippen molar-refractivity contribution in [3.05, 3.63) is 82.8 Å². The topological polar surface area (TPSA) is 90.4 Å². The number of rotatable bonds is 8.